The third-order valence-electron chi connectivity index (χ3n) is 8.43. The summed E-state index contributed by atoms with van der Waals surface area (Å²) in [6.45, 7) is 20.6. The van der Waals surface area contributed by atoms with Crippen LogP contribution in [0.25, 0.3) is 27.6 Å². The molecule has 1 atom stereocenters. The molecule has 1 saturated heterocycles. The summed E-state index contributed by atoms with van der Waals surface area (Å²) in [4.78, 5) is 34.0. The summed E-state index contributed by atoms with van der Waals surface area (Å²) in [6.07, 6.45) is 1.52. The molecule has 2 amide bonds. The Morgan fingerprint density at radius 2 is 1.64 bits per heavy atom. The van der Waals surface area contributed by atoms with Gasteiger partial charge in [-0.05, 0) is 107 Å². The van der Waals surface area contributed by atoms with Crippen molar-refractivity contribution in [1.29, 1.82) is 5.26 Å². The number of halogens is 1. The van der Waals surface area contributed by atoms with Gasteiger partial charge in [0.25, 0.3) is 0 Å². The highest BCUT2D eigenvalue weighted by molar-refractivity contribution is 6.13. The van der Waals surface area contributed by atoms with E-state index in [1.54, 1.807) is 72.3 Å². The number of nitrogens with zero attached hydrogens (tertiary/aromatic N) is 6. The monoisotopic (exact) mass is 734 g/mol. The Bertz CT molecular complexity index is 2030. The molecule has 0 radical (unpaired) electrons. The summed E-state index contributed by atoms with van der Waals surface area (Å²) < 4.78 is 48.6. The molecule has 286 valence electrons. The van der Waals surface area contributed by atoms with Crippen LogP contribution < -0.4 is 4.90 Å². The lowest BCUT2D eigenvalue weighted by atomic mass is 10.1. The number of aryl methyl sites for hydroxylation is 1. The van der Waals surface area contributed by atoms with Gasteiger partial charge in [-0.1, -0.05) is 0 Å². The van der Waals surface area contributed by atoms with Gasteiger partial charge in [0.1, 0.15) is 34.3 Å². The van der Waals surface area contributed by atoms with Crippen molar-refractivity contribution < 1.29 is 37.7 Å². The topological polar surface area (TPSA) is 143 Å². The van der Waals surface area contributed by atoms with Crippen molar-refractivity contribution in [2.45, 2.75) is 125 Å². The SMILES string of the molecule is Cc1nc2c(cc1COCCOC(C)(C)C)c(C#N)c(N(C(=O)OC(C)(C)C)C(=O)OC(C)(C)C)n2-c1c(C)c(F)cc2c1cnn2C1CCCCO1. The fourth-order valence-electron chi connectivity index (χ4n) is 6.13. The zero-order valence-corrected chi connectivity index (χ0v) is 32.7. The molecular weight excluding hydrogens is 683 g/mol. The van der Waals surface area contributed by atoms with Crippen molar-refractivity contribution in [3.63, 3.8) is 0 Å². The van der Waals surface area contributed by atoms with Crippen LogP contribution in [-0.2, 0) is 30.3 Å². The molecule has 14 heteroatoms. The number of fused-ring (bicyclic) bond motifs is 2. The fraction of sp³-hybridized carbons (Fsp3) is 0.564. The minimum atomic E-state index is -1.09. The minimum absolute atomic E-state index is 0.0821. The minimum Gasteiger partial charge on any atom is -0.443 e. The summed E-state index contributed by atoms with van der Waals surface area (Å²) in [5.74, 6) is -0.789. The van der Waals surface area contributed by atoms with Crippen LogP contribution in [-0.4, -0.2) is 68.1 Å². The van der Waals surface area contributed by atoms with Gasteiger partial charge in [-0.25, -0.2) is 23.6 Å². The summed E-state index contributed by atoms with van der Waals surface area (Å²) in [5.41, 5.74) is -0.236. The van der Waals surface area contributed by atoms with Crippen LogP contribution >= 0.6 is 0 Å². The molecule has 4 heterocycles. The molecule has 4 aromatic rings. The number of hydrogen-bond acceptors (Lipinski definition) is 10. The molecule has 13 nitrogen and oxygen atoms in total. The number of aromatic nitrogens is 4. The lowest BCUT2D eigenvalue weighted by molar-refractivity contribution is -0.0377. The maximum atomic E-state index is 16.2. The highest BCUT2D eigenvalue weighted by Gasteiger charge is 2.39. The Hall–Kier alpha value is -4.58. The average Bonchev–Trinajstić information content (AvgIpc) is 3.58. The summed E-state index contributed by atoms with van der Waals surface area (Å²) in [5, 5.41) is 16.3. The molecule has 0 spiro atoms. The fourth-order valence-corrected chi connectivity index (χ4v) is 6.13. The van der Waals surface area contributed by atoms with E-state index in [0.717, 1.165) is 12.8 Å². The molecule has 0 aliphatic carbocycles. The quantitative estimate of drug-likeness (QED) is 0.161. The van der Waals surface area contributed by atoms with Crippen LogP contribution in [0.1, 0.15) is 110 Å². The van der Waals surface area contributed by atoms with Gasteiger partial charge in [-0.2, -0.15) is 15.3 Å². The molecule has 1 aliphatic heterocycles. The standard InChI is InChI=1S/C39H51FN6O7/c1-23-29(40)19-30-28(21-42-46(30)31-14-12-13-15-50-31)32(23)44-33-26(18-25(24(2)43-33)22-49-16-17-51-37(3,4)5)27(20-41)34(44)45(35(47)52-38(6,7)8)36(48)53-39(9,10)11/h18-19,21,31H,12-17,22H2,1-11H3. The molecule has 5 rings (SSSR count). The first kappa shape index (κ1) is 39.6. The van der Waals surface area contributed by atoms with E-state index in [1.807, 2.05) is 20.8 Å². The number of carbonyl (C=O) groups excluding carboxylic acids is 2. The first-order valence-electron chi connectivity index (χ1n) is 17.9. The Balaban J connectivity index is 1.82. The molecule has 53 heavy (non-hydrogen) atoms. The molecule has 0 N–H and O–H groups in total. The maximum Gasteiger partial charge on any atom is 0.425 e. The van der Waals surface area contributed by atoms with E-state index >= 15 is 4.39 Å². The van der Waals surface area contributed by atoms with Crippen LogP contribution in [0, 0.1) is 31.0 Å². The molecule has 1 fully saturated rings. The average molecular weight is 735 g/mol. The lowest BCUT2D eigenvalue weighted by Gasteiger charge is -2.29. The van der Waals surface area contributed by atoms with E-state index in [9.17, 15) is 14.9 Å². The van der Waals surface area contributed by atoms with E-state index in [4.69, 9.17) is 28.7 Å². The number of anilines is 1. The van der Waals surface area contributed by atoms with E-state index in [2.05, 4.69) is 11.2 Å². The van der Waals surface area contributed by atoms with Crippen molar-refractivity contribution in [2.24, 2.45) is 0 Å². The predicted octanol–water partition coefficient (Wildman–Crippen LogP) is 8.71. The van der Waals surface area contributed by atoms with Gasteiger partial charge in [-0.15, -0.1) is 0 Å². The van der Waals surface area contributed by atoms with E-state index in [1.165, 1.54) is 10.6 Å². The van der Waals surface area contributed by atoms with Crippen molar-refractivity contribution >= 4 is 39.9 Å². The van der Waals surface area contributed by atoms with Crippen molar-refractivity contribution in [3.8, 4) is 11.8 Å². The third kappa shape index (κ3) is 8.80. The molecular formula is C39H51FN6O7. The molecule has 3 aromatic heterocycles. The predicted molar refractivity (Wildman–Crippen MR) is 198 cm³/mol. The van der Waals surface area contributed by atoms with Gasteiger partial charge in [0.15, 0.2) is 12.0 Å². The highest BCUT2D eigenvalue weighted by atomic mass is 19.1. The summed E-state index contributed by atoms with van der Waals surface area (Å²) in [6, 6.07) is 5.35. The number of pyridine rings is 1. The number of carbonyl (C=O) groups is 2. The Kier molecular flexibility index (Phi) is 11.2. The van der Waals surface area contributed by atoms with E-state index in [-0.39, 0.29) is 40.5 Å². The van der Waals surface area contributed by atoms with Gasteiger partial charge < -0.3 is 23.7 Å². The van der Waals surface area contributed by atoms with Crippen molar-refractivity contribution in [1.82, 2.24) is 19.3 Å². The van der Waals surface area contributed by atoms with Gasteiger partial charge >= 0.3 is 12.2 Å². The number of hydrogen-bond donors (Lipinski definition) is 0. The van der Waals surface area contributed by atoms with E-state index in [0.29, 0.717) is 58.7 Å². The second-order valence-electron chi connectivity index (χ2n) is 16.2. The molecule has 1 aromatic carbocycles. The molecule has 1 unspecified atom stereocenters. The first-order valence-corrected chi connectivity index (χ1v) is 17.9. The second kappa shape index (κ2) is 15.0. The van der Waals surface area contributed by atoms with Gasteiger partial charge in [0.2, 0.25) is 0 Å². The van der Waals surface area contributed by atoms with Crippen LogP contribution in [0.3, 0.4) is 0 Å². The number of rotatable bonds is 8. The van der Waals surface area contributed by atoms with Crippen LogP contribution in [0.4, 0.5) is 19.8 Å². The lowest BCUT2D eigenvalue weighted by Crippen LogP contribution is -2.45. The largest absolute Gasteiger partial charge is 0.443 e. The Morgan fingerprint density at radius 3 is 2.21 bits per heavy atom. The third-order valence-corrected chi connectivity index (χ3v) is 8.43. The number of benzene rings is 1. The highest BCUT2D eigenvalue weighted by Crippen LogP contribution is 2.41. The maximum absolute atomic E-state index is 16.2. The first-order chi connectivity index (χ1) is 24.7. The zero-order valence-electron chi connectivity index (χ0n) is 32.7. The smallest absolute Gasteiger partial charge is 0.425 e. The number of nitriles is 1. The van der Waals surface area contributed by atoms with Crippen LogP contribution in [0.15, 0.2) is 18.3 Å². The van der Waals surface area contributed by atoms with Gasteiger partial charge in [0.05, 0.1) is 42.8 Å². The summed E-state index contributed by atoms with van der Waals surface area (Å²) in [7, 11) is 0. The van der Waals surface area contributed by atoms with Crippen molar-refractivity contribution in [2.75, 3.05) is 24.7 Å². The Labute approximate surface area is 309 Å². The molecule has 1 aliphatic rings. The van der Waals surface area contributed by atoms with Gasteiger partial charge in [-0.3, -0.25) is 4.57 Å². The molecule has 0 bridgehead atoms. The van der Waals surface area contributed by atoms with Crippen LogP contribution in [0.2, 0.25) is 0 Å². The zero-order chi connectivity index (χ0) is 39.0. The van der Waals surface area contributed by atoms with E-state index < -0.39 is 35.4 Å². The molecule has 0 saturated carbocycles. The Morgan fingerprint density at radius 1 is 0.981 bits per heavy atom. The number of amides is 2. The van der Waals surface area contributed by atoms with Crippen LogP contribution in [0.5, 0.6) is 0 Å². The van der Waals surface area contributed by atoms with Crippen molar-refractivity contribution in [3.05, 3.63) is 46.5 Å². The second-order valence-corrected chi connectivity index (χ2v) is 16.2. The number of imide groups is 1. The normalized spacial score (nSPS) is 15.5. The van der Waals surface area contributed by atoms with Gasteiger partial charge in [0, 0.05) is 34.7 Å². The summed E-state index contributed by atoms with van der Waals surface area (Å²) >= 11 is 0. The number of ether oxygens (including phenoxy) is 5.